The Labute approximate surface area is 181 Å². The fourth-order valence-corrected chi connectivity index (χ4v) is 3.88. The van der Waals surface area contributed by atoms with Gasteiger partial charge in [0.15, 0.2) is 11.5 Å². The van der Waals surface area contributed by atoms with Gasteiger partial charge in [-0.2, -0.15) is 0 Å². The number of thiocarbonyl (C=S) groups is 1. The molecule has 0 N–H and O–H groups in total. The molecule has 1 aromatic rings. The van der Waals surface area contributed by atoms with Gasteiger partial charge in [0, 0.05) is 6.54 Å². The quantitative estimate of drug-likeness (QED) is 0.305. The maximum Gasteiger partial charge on any atom is 0.307 e. The van der Waals surface area contributed by atoms with Crippen molar-refractivity contribution in [2.45, 2.75) is 46.6 Å². The SMILES string of the molecule is CCCOC(=O)CCN1C(=O)/C(=C/c2ccc(OC(C)C)c(OCC)c2)SC1=S. The first-order chi connectivity index (χ1) is 13.8. The van der Waals surface area contributed by atoms with Gasteiger partial charge in [-0.1, -0.05) is 37.0 Å². The van der Waals surface area contributed by atoms with Gasteiger partial charge in [0.2, 0.25) is 0 Å². The zero-order valence-corrected chi connectivity index (χ0v) is 18.9. The molecule has 1 aromatic carbocycles. The Balaban J connectivity index is 2.11. The minimum absolute atomic E-state index is 0.0281. The first kappa shape index (κ1) is 23.2. The highest BCUT2D eigenvalue weighted by molar-refractivity contribution is 8.26. The third-order valence-electron chi connectivity index (χ3n) is 3.81. The Morgan fingerprint density at radius 1 is 1.28 bits per heavy atom. The van der Waals surface area contributed by atoms with Crippen LogP contribution in [-0.2, 0) is 14.3 Å². The number of hydrogen-bond donors (Lipinski definition) is 0. The van der Waals surface area contributed by atoms with E-state index in [2.05, 4.69) is 0 Å². The summed E-state index contributed by atoms with van der Waals surface area (Å²) in [5, 5.41) is 0. The molecule has 6 nitrogen and oxygen atoms in total. The van der Waals surface area contributed by atoms with Crippen molar-refractivity contribution < 1.29 is 23.8 Å². The lowest BCUT2D eigenvalue weighted by Crippen LogP contribution is -2.30. The summed E-state index contributed by atoms with van der Waals surface area (Å²) in [4.78, 5) is 26.4. The fraction of sp³-hybridized carbons (Fsp3) is 0.476. The largest absolute Gasteiger partial charge is 0.490 e. The van der Waals surface area contributed by atoms with Crippen LogP contribution in [0.2, 0.25) is 0 Å². The van der Waals surface area contributed by atoms with Crippen LogP contribution < -0.4 is 9.47 Å². The predicted octanol–water partition coefficient (Wildman–Crippen LogP) is 4.42. The van der Waals surface area contributed by atoms with Crippen LogP contribution in [0.4, 0.5) is 0 Å². The Morgan fingerprint density at radius 3 is 2.69 bits per heavy atom. The van der Waals surface area contributed by atoms with Gasteiger partial charge < -0.3 is 14.2 Å². The maximum atomic E-state index is 12.7. The van der Waals surface area contributed by atoms with Crippen LogP contribution in [0.3, 0.4) is 0 Å². The second-order valence-electron chi connectivity index (χ2n) is 6.61. The average molecular weight is 438 g/mol. The number of nitrogens with zero attached hydrogens (tertiary/aromatic N) is 1. The van der Waals surface area contributed by atoms with Crippen LogP contribution >= 0.6 is 24.0 Å². The van der Waals surface area contributed by atoms with Crippen molar-refractivity contribution in [2.75, 3.05) is 19.8 Å². The summed E-state index contributed by atoms with van der Waals surface area (Å²) in [7, 11) is 0. The molecule has 29 heavy (non-hydrogen) atoms. The van der Waals surface area contributed by atoms with Crippen molar-refractivity contribution in [1.29, 1.82) is 0 Å². The van der Waals surface area contributed by atoms with Crippen molar-refractivity contribution in [3.63, 3.8) is 0 Å². The molecule has 1 heterocycles. The van der Waals surface area contributed by atoms with Gasteiger partial charge in [-0.25, -0.2) is 0 Å². The summed E-state index contributed by atoms with van der Waals surface area (Å²) in [5.74, 6) is 0.761. The zero-order chi connectivity index (χ0) is 21.4. The van der Waals surface area contributed by atoms with Gasteiger partial charge >= 0.3 is 5.97 Å². The number of esters is 1. The van der Waals surface area contributed by atoms with Gasteiger partial charge in [0.25, 0.3) is 5.91 Å². The Hall–Kier alpha value is -2.06. The predicted molar refractivity (Wildman–Crippen MR) is 119 cm³/mol. The molecule has 0 saturated carbocycles. The number of hydrogen-bond acceptors (Lipinski definition) is 7. The van der Waals surface area contributed by atoms with Crippen LogP contribution in [0, 0.1) is 0 Å². The minimum Gasteiger partial charge on any atom is -0.490 e. The van der Waals surface area contributed by atoms with Crippen LogP contribution in [0.5, 0.6) is 11.5 Å². The summed E-state index contributed by atoms with van der Waals surface area (Å²) < 4.78 is 16.9. The minimum atomic E-state index is -0.327. The van der Waals surface area contributed by atoms with Crippen molar-refractivity contribution >= 4 is 46.3 Å². The third-order valence-corrected chi connectivity index (χ3v) is 5.19. The molecule has 0 aliphatic carbocycles. The van der Waals surface area contributed by atoms with E-state index >= 15 is 0 Å². The summed E-state index contributed by atoms with van der Waals surface area (Å²) in [6.07, 6.45) is 2.69. The van der Waals surface area contributed by atoms with E-state index in [0.29, 0.717) is 33.9 Å². The van der Waals surface area contributed by atoms with Gasteiger partial charge in [-0.3, -0.25) is 14.5 Å². The Bertz CT molecular complexity index is 791. The van der Waals surface area contributed by atoms with Crippen molar-refractivity contribution in [3.05, 3.63) is 28.7 Å². The number of rotatable bonds is 10. The van der Waals surface area contributed by atoms with E-state index in [4.69, 9.17) is 26.4 Å². The van der Waals surface area contributed by atoms with Crippen molar-refractivity contribution in [3.8, 4) is 11.5 Å². The highest BCUT2D eigenvalue weighted by atomic mass is 32.2. The van der Waals surface area contributed by atoms with Crippen LogP contribution in [0.25, 0.3) is 6.08 Å². The maximum absolute atomic E-state index is 12.7. The average Bonchev–Trinajstić information content (AvgIpc) is 2.93. The first-order valence-corrected chi connectivity index (χ1v) is 10.9. The second kappa shape index (κ2) is 11.2. The summed E-state index contributed by atoms with van der Waals surface area (Å²) in [5.41, 5.74) is 0.812. The molecule has 1 aliphatic rings. The van der Waals surface area contributed by atoms with Crippen LogP contribution in [0.15, 0.2) is 23.1 Å². The molecule has 0 unspecified atom stereocenters. The van der Waals surface area contributed by atoms with E-state index in [-0.39, 0.29) is 30.9 Å². The van der Waals surface area contributed by atoms with Crippen molar-refractivity contribution in [2.24, 2.45) is 0 Å². The Morgan fingerprint density at radius 2 is 2.03 bits per heavy atom. The molecule has 0 bridgehead atoms. The molecule has 8 heteroatoms. The van der Waals surface area contributed by atoms with E-state index in [0.717, 1.165) is 12.0 Å². The smallest absolute Gasteiger partial charge is 0.307 e. The van der Waals surface area contributed by atoms with E-state index < -0.39 is 0 Å². The second-order valence-corrected chi connectivity index (χ2v) is 8.29. The molecule has 158 valence electrons. The number of ether oxygens (including phenoxy) is 3. The van der Waals surface area contributed by atoms with E-state index in [1.165, 1.54) is 16.7 Å². The molecule has 0 atom stereocenters. The number of carbonyl (C=O) groups is 2. The molecule has 1 aliphatic heterocycles. The molecule has 1 fully saturated rings. The number of amides is 1. The first-order valence-electron chi connectivity index (χ1n) is 9.70. The molecule has 0 aromatic heterocycles. The molecule has 1 amide bonds. The normalized spacial score (nSPS) is 15.3. The molecule has 1 saturated heterocycles. The zero-order valence-electron chi connectivity index (χ0n) is 17.2. The summed E-state index contributed by atoms with van der Waals surface area (Å²) in [6.45, 7) is 8.85. The fourth-order valence-electron chi connectivity index (χ4n) is 2.57. The van der Waals surface area contributed by atoms with Gasteiger partial charge in [-0.05, 0) is 51.0 Å². The van der Waals surface area contributed by atoms with Gasteiger partial charge in [0.1, 0.15) is 4.32 Å². The van der Waals surface area contributed by atoms with Crippen LogP contribution in [-0.4, -0.2) is 47.0 Å². The molecule has 2 rings (SSSR count). The van der Waals surface area contributed by atoms with Crippen molar-refractivity contribution in [1.82, 2.24) is 4.90 Å². The van der Waals surface area contributed by atoms with E-state index in [9.17, 15) is 9.59 Å². The molecular weight excluding hydrogens is 410 g/mol. The van der Waals surface area contributed by atoms with Crippen LogP contribution in [0.1, 0.15) is 46.1 Å². The lowest BCUT2D eigenvalue weighted by atomic mass is 10.1. The molecule has 0 spiro atoms. The monoisotopic (exact) mass is 437 g/mol. The highest BCUT2D eigenvalue weighted by Gasteiger charge is 2.32. The lowest BCUT2D eigenvalue weighted by molar-refractivity contribution is -0.143. The Kier molecular flexibility index (Phi) is 8.98. The topological polar surface area (TPSA) is 65.1 Å². The van der Waals surface area contributed by atoms with Gasteiger partial charge in [-0.15, -0.1) is 0 Å². The molecular formula is C21H27NO5S2. The van der Waals surface area contributed by atoms with E-state index in [1.54, 1.807) is 6.08 Å². The standard InChI is InChI=1S/C21H27NO5S2/c1-5-11-26-19(23)9-10-22-20(24)18(29-21(22)28)13-15-7-8-16(27-14(3)4)17(12-15)25-6-2/h7-8,12-14H,5-6,9-11H2,1-4H3/b18-13-. The number of benzene rings is 1. The van der Waals surface area contributed by atoms with Gasteiger partial charge in [0.05, 0.1) is 30.6 Å². The molecule has 0 radical (unpaired) electrons. The summed E-state index contributed by atoms with van der Waals surface area (Å²) in [6, 6.07) is 5.55. The van der Waals surface area contributed by atoms with E-state index in [1.807, 2.05) is 45.9 Å². The number of carbonyl (C=O) groups excluding carboxylic acids is 2. The summed E-state index contributed by atoms with van der Waals surface area (Å²) >= 11 is 6.54. The third kappa shape index (κ3) is 6.75. The highest BCUT2D eigenvalue weighted by Crippen LogP contribution is 2.35. The number of thioether (sulfide) groups is 1. The lowest BCUT2D eigenvalue weighted by Gasteiger charge is -2.15.